The summed E-state index contributed by atoms with van der Waals surface area (Å²) in [5.74, 6) is 1.26. The topological polar surface area (TPSA) is 58.1 Å². The molecule has 2 N–H and O–H groups in total. The number of nitrogens with zero attached hydrogens (tertiary/aromatic N) is 2. The lowest BCUT2D eigenvalue weighted by Crippen LogP contribution is -2.41. The van der Waals surface area contributed by atoms with Gasteiger partial charge >= 0.3 is 6.61 Å². The molecule has 0 aliphatic carbocycles. The normalized spacial score (nSPS) is 12.0. The summed E-state index contributed by atoms with van der Waals surface area (Å²) in [6, 6.07) is 5.17. The van der Waals surface area contributed by atoms with Crippen molar-refractivity contribution < 1.29 is 18.3 Å². The van der Waals surface area contributed by atoms with Crippen molar-refractivity contribution in [3.63, 3.8) is 0 Å². The van der Waals surface area contributed by atoms with E-state index in [0.717, 1.165) is 6.54 Å². The van der Waals surface area contributed by atoms with Crippen LogP contribution < -0.4 is 20.1 Å². The molecule has 142 valence electrons. The fraction of sp³-hybridized carbons (Fsp3) is 0.588. The first-order valence-electron chi connectivity index (χ1n) is 8.13. The van der Waals surface area contributed by atoms with Crippen LogP contribution in [0.2, 0.25) is 0 Å². The van der Waals surface area contributed by atoms with E-state index in [0.29, 0.717) is 29.9 Å². The monoisotopic (exact) mass is 358 g/mol. The van der Waals surface area contributed by atoms with Crippen LogP contribution in [0.3, 0.4) is 0 Å². The van der Waals surface area contributed by atoms with Crippen molar-refractivity contribution in [3.05, 3.63) is 23.8 Å². The fourth-order valence-electron chi connectivity index (χ4n) is 2.04. The van der Waals surface area contributed by atoms with Gasteiger partial charge in [0.15, 0.2) is 5.96 Å². The zero-order valence-electron chi connectivity index (χ0n) is 15.5. The number of aliphatic imine (C=N–C) groups is 1. The summed E-state index contributed by atoms with van der Waals surface area (Å²) >= 11 is 0. The largest absolute Gasteiger partial charge is 0.497 e. The second-order valence-corrected chi connectivity index (χ2v) is 5.78. The Labute approximate surface area is 148 Å². The summed E-state index contributed by atoms with van der Waals surface area (Å²) in [5, 5.41) is 6.28. The molecule has 0 atom stereocenters. The highest BCUT2D eigenvalue weighted by atomic mass is 19.3. The molecule has 0 amide bonds. The predicted molar refractivity (Wildman–Crippen MR) is 95.6 cm³/mol. The number of alkyl halides is 2. The zero-order valence-corrected chi connectivity index (χ0v) is 15.5. The Bertz CT molecular complexity index is 553. The van der Waals surface area contributed by atoms with Gasteiger partial charge in [-0.2, -0.15) is 8.78 Å². The summed E-state index contributed by atoms with van der Waals surface area (Å²) in [6.07, 6.45) is 0. The molecule has 1 rings (SSSR count). The molecule has 1 aromatic rings. The van der Waals surface area contributed by atoms with Crippen molar-refractivity contribution in [2.24, 2.45) is 4.99 Å². The zero-order chi connectivity index (χ0) is 18.8. The molecule has 0 aromatic heterocycles. The molecule has 6 nitrogen and oxygen atoms in total. The van der Waals surface area contributed by atoms with Gasteiger partial charge in [0.2, 0.25) is 0 Å². The van der Waals surface area contributed by atoms with E-state index in [1.54, 1.807) is 19.2 Å². The Hall–Kier alpha value is -2.09. The lowest BCUT2D eigenvalue weighted by molar-refractivity contribution is -0.0504. The van der Waals surface area contributed by atoms with E-state index in [2.05, 4.69) is 39.1 Å². The van der Waals surface area contributed by atoms with E-state index < -0.39 is 6.61 Å². The second-order valence-electron chi connectivity index (χ2n) is 5.78. The highest BCUT2D eigenvalue weighted by Gasteiger charge is 2.11. The van der Waals surface area contributed by atoms with Gasteiger partial charge in [-0.3, -0.25) is 4.99 Å². The van der Waals surface area contributed by atoms with E-state index in [4.69, 9.17) is 4.74 Å². The van der Waals surface area contributed by atoms with Crippen LogP contribution in [0.25, 0.3) is 0 Å². The molecular formula is C17H28F2N4O2. The minimum absolute atomic E-state index is 0.110. The average molecular weight is 358 g/mol. The van der Waals surface area contributed by atoms with Crippen LogP contribution in [0.1, 0.15) is 19.4 Å². The number of hydrogen-bond donors (Lipinski definition) is 2. The molecule has 1 aromatic carbocycles. The predicted octanol–water partition coefficient (Wildman–Crippen LogP) is 2.30. The Morgan fingerprint density at radius 2 is 2.00 bits per heavy atom. The number of hydrogen-bond acceptors (Lipinski definition) is 4. The molecule has 0 heterocycles. The third-order valence-electron chi connectivity index (χ3n) is 3.79. The van der Waals surface area contributed by atoms with Gasteiger partial charge in [-0.1, -0.05) is 0 Å². The van der Waals surface area contributed by atoms with Gasteiger partial charge in [-0.15, -0.1) is 0 Å². The summed E-state index contributed by atoms with van der Waals surface area (Å²) < 4.78 is 34.8. The summed E-state index contributed by atoms with van der Waals surface area (Å²) in [7, 11) is 5.22. The summed E-state index contributed by atoms with van der Waals surface area (Å²) in [4.78, 5) is 6.34. The van der Waals surface area contributed by atoms with Crippen LogP contribution in [0.15, 0.2) is 23.2 Å². The number of ether oxygens (including phenoxy) is 2. The lowest BCUT2D eigenvalue weighted by atomic mass is 10.2. The molecule has 0 aliphatic heterocycles. The van der Waals surface area contributed by atoms with Crippen molar-refractivity contribution in [2.75, 3.05) is 34.3 Å². The van der Waals surface area contributed by atoms with Crippen LogP contribution in [0.5, 0.6) is 11.5 Å². The number of methoxy groups -OCH3 is 1. The maximum Gasteiger partial charge on any atom is 0.387 e. The maximum absolute atomic E-state index is 12.5. The van der Waals surface area contributed by atoms with Crippen molar-refractivity contribution in [1.82, 2.24) is 15.5 Å². The molecule has 0 saturated heterocycles. The first kappa shape index (κ1) is 21.0. The molecular weight excluding hydrogens is 330 g/mol. The number of halogens is 2. The average Bonchev–Trinajstić information content (AvgIpc) is 2.58. The number of nitrogens with one attached hydrogen (secondary N) is 2. The molecule has 0 spiro atoms. The second kappa shape index (κ2) is 10.7. The molecule has 0 aliphatic rings. The summed E-state index contributed by atoms with van der Waals surface area (Å²) in [6.45, 7) is 3.22. The maximum atomic E-state index is 12.5. The number of likely N-dealkylation sites (N-methyl/N-ethyl adjacent to an activating group) is 1. The minimum atomic E-state index is -2.88. The third kappa shape index (κ3) is 7.55. The fourth-order valence-corrected chi connectivity index (χ4v) is 2.04. The Balaban J connectivity index is 2.64. The quantitative estimate of drug-likeness (QED) is 0.524. The van der Waals surface area contributed by atoms with Crippen molar-refractivity contribution >= 4 is 5.96 Å². The van der Waals surface area contributed by atoms with E-state index in [1.165, 1.54) is 13.2 Å². The van der Waals surface area contributed by atoms with E-state index in [9.17, 15) is 8.78 Å². The number of rotatable bonds is 9. The van der Waals surface area contributed by atoms with Crippen LogP contribution in [0.4, 0.5) is 8.78 Å². The van der Waals surface area contributed by atoms with Crippen molar-refractivity contribution in [1.29, 1.82) is 0 Å². The van der Waals surface area contributed by atoms with Crippen molar-refractivity contribution in [2.45, 2.75) is 33.0 Å². The Morgan fingerprint density at radius 1 is 1.28 bits per heavy atom. The van der Waals surface area contributed by atoms with Gasteiger partial charge in [0.25, 0.3) is 0 Å². The standard InChI is InChI=1S/C17H28F2N4O2/c1-12(2)23(4)9-8-21-17(20-3)22-11-13-10-14(24-5)6-7-15(13)25-16(18)19/h6-7,10,12,16H,8-9,11H2,1-5H3,(H2,20,21,22). The van der Waals surface area contributed by atoms with E-state index in [-0.39, 0.29) is 12.3 Å². The molecule has 0 radical (unpaired) electrons. The van der Waals surface area contributed by atoms with E-state index >= 15 is 0 Å². The van der Waals surface area contributed by atoms with Gasteiger partial charge in [0, 0.05) is 38.3 Å². The highest BCUT2D eigenvalue weighted by Crippen LogP contribution is 2.25. The third-order valence-corrected chi connectivity index (χ3v) is 3.79. The molecule has 25 heavy (non-hydrogen) atoms. The molecule has 0 bridgehead atoms. The van der Waals surface area contributed by atoms with Crippen LogP contribution in [-0.4, -0.2) is 57.8 Å². The van der Waals surface area contributed by atoms with Crippen LogP contribution in [0, 0.1) is 0 Å². The number of guanidine groups is 1. The Kier molecular flexibility index (Phi) is 8.98. The van der Waals surface area contributed by atoms with E-state index in [1.807, 2.05) is 7.05 Å². The molecule has 0 saturated carbocycles. The molecule has 8 heteroatoms. The van der Waals surface area contributed by atoms with Gasteiger partial charge < -0.3 is 25.0 Å². The van der Waals surface area contributed by atoms with Gasteiger partial charge in [0.05, 0.1) is 7.11 Å². The van der Waals surface area contributed by atoms with Crippen molar-refractivity contribution in [3.8, 4) is 11.5 Å². The smallest absolute Gasteiger partial charge is 0.387 e. The first-order chi connectivity index (χ1) is 11.9. The molecule has 0 unspecified atom stereocenters. The highest BCUT2D eigenvalue weighted by molar-refractivity contribution is 5.79. The first-order valence-corrected chi connectivity index (χ1v) is 8.13. The minimum Gasteiger partial charge on any atom is -0.497 e. The Morgan fingerprint density at radius 3 is 2.56 bits per heavy atom. The van der Waals surface area contributed by atoms with Crippen LogP contribution >= 0.6 is 0 Å². The number of benzene rings is 1. The van der Waals surface area contributed by atoms with Gasteiger partial charge in [0.1, 0.15) is 11.5 Å². The lowest BCUT2D eigenvalue weighted by Gasteiger charge is -2.22. The summed E-state index contributed by atoms with van der Waals surface area (Å²) in [5.41, 5.74) is 0.557. The SMILES string of the molecule is CN=C(NCCN(C)C(C)C)NCc1cc(OC)ccc1OC(F)F. The van der Waals surface area contributed by atoms with Gasteiger partial charge in [-0.05, 0) is 39.1 Å². The van der Waals surface area contributed by atoms with Gasteiger partial charge in [-0.25, -0.2) is 0 Å². The molecule has 0 fully saturated rings. The van der Waals surface area contributed by atoms with Crippen LogP contribution in [-0.2, 0) is 6.54 Å².